The van der Waals surface area contributed by atoms with Crippen LogP contribution in [0.25, 0.3) is 0 Å². The summed E-state index contributed by atoms with van der Waals surface area (Å²) in [4.78, 5) is 0. The maximum atomic E-state index is 4.09. The van der Waals surface area contributed by atoms with Crippen molar-refractivity contribution in [1.29, 1.82) is 0 Å². The summed E-state index contributed by atoms with van der Waals surface area (Å²) >= 11 is 1.65. The molecule has 0 fully saturated rings. The van der Waals surface area contributed by atoms with Crippen LogP contribution in [0.1, 0.15) is 23.9 Å². The minimum atomic E-state index is 0.940. The minimum Gasteiger partial charge on any atom is -0.360 e. The van der Waals surface area contributed by atoms with Crippen molar-refractivity contribution in [3.63, 3.8) is 0 Å². The molecule has 90 valence electrons. The number of aromatic nitrogens is 2. The number of benzene rings is 1. The largest absolute Gasteiger partial charge is 0.360 e. The molecule has 0 atom stereocenters. The fourth-order valence-electron chi connectivity index (χ4n) is 1.60. The zero-order valence-corrected chi connectivity index (χ0v) is 10.8. The molecule has 3 nitrogen and oxygen atoms in total. The molecule has 1 aromatic heterocycles. The Kier molecular flexibility index (Phi) is 4.50. The average molecular weight is 247 g/mol. The number of anilines is 1. The number of nitrogens with one attached hydrogen (secondary N) is 1. The average Bonchev–Trinajstić information content (AvgIpc) is 2.84. The van der Waals surface area contributed by atoms with E-state index in [0.717, 1.165) is 35.9 Å². The third-order valence-corrected chi connectivity index (χ3v) is 3.56. The SMILES string of the molecule is CCc1nnc(NCCCc2ccccc2)s1. The molecule has 1 heterocycles. The highest BCUT2D eigenvalue weighted by Gasteiger charge is 2.00. The molecule has 0 saturated heterocycles. The molecule has 0 saturated carbocycles. The topological polar surface area (TPSA) is 37.8 Å². The molecular weight excluding hydrogens is 230 g/mol. The Balaban J connectivity index is 1.69. The van der Waals surface area contributed by atoms with Gasteiger partial charge < -0.3 is 5.32 Å². The monoisotopic (exact) mass is 247 g/mol. The van der Waals surface area contributed by atoms with Crippen LogP contribution in [0, 0.1) is 0 Å². The van der Waals surface area contributed by atoms with E-state index in [4.69, 9.17) is 0 Å². The second-order valence-corrected chi connectivity index (χ2v) is 4.93. The van der Waals surface area contributed by atoms with E-state index in [1.54, 1.807) is 11.3 Å². The second-order valence-electron chi connectivity index (χ2n) is 3.87. The lowest BCUT2D eigenvalue weighted by Crippen LogP contribution is -2.02. The third-order valence-electron chi connectivity index (χ3n) is 2.53. The molecule has 0 bridgehead atoms. The standard InChI is InChI=1S/C13H17N3S/c1-2-12-15-16-13(17-12)14-10-6-9-11-7-4-3-5-8-11/h3-5,7-8H,2,6,9-10H2,1H3,(H,14,16). The van der Waals surface area contributed by atoms with Crippen molar-refractivity contribution >= 4 is 16.5 Å². The molecule has 4 heteroatoms. The van der Waals surface area contributed by atoms with Gasteiger partial charge >= 0.3 is 0 Å². The van der Waals surface area contributed by atoms with Crippen molar-refractivity contribution in [1.82, 2.24) is 10.2 Å². The van der Waals surface area contributed by atoms with Crippen LogP contribution >= 0.6 is 11.3 Å². The summed E-state index contributed by atoms with van der Waals surface area (Å²) in [5, 5.41) is 13.5. The van der Waals surface area contributed by atoms with Crippen LogP contribution in [0.5, 0.6) is 0 Å². The molecule has 1 aromatic carbocycles. The Hall–Kier alpha value is -1.42. The Morgan fingerprint density at radius 1 is 1.18 bits per heavy atom. The second kappa shape index (κ2) is 6.35. The Morgan fingerprint density at radius 3 is 2.71 bits per heavy atom. The first-order valence-corrected chi connectivity index (χ1v) is 6.80. The third kappa shape index (κ3) is 3.82. The number of hydrogen-bond acceptors (Lipinski definition) is 4. The van der Waals surface area contributed by atoms with Gasteiger partial charge in [-0.2, -0.15) is 0 Å². The normalized spacial score (nSPS) is 10.4. The van der Waals surface area contributed by atoms with E-state index in [1.807, 2.05) is 0 Å². The molecule has 0 aliphatic carbocycles. The highest BCUT2D eigenvalue weighted by atomic mass is 32.1. The molecular formula is C13H17N3S. The predicted molar refractivity (Wildman–Crippen MR) is 72.5 cm³/mol. The molecule has 2 rings (SSSR count). The van der Waals surface area contributed by atoms with Gasteiger partial charge in [0, 0.05) is 6.54 Å². The fourth-order valence-corrected chi connectivity index (χ4v) is 2.31. The lowest BCUT2D eigenvalue weighted by molar-refractivity contribution is 0.857. The van der Waals surface area contributed by atoms with E-state index < -0.39 is 0 Å². The van der Waals surface area contributed by atoms with Crippen LogP contribution in [0.2, 0.25) is 0 Å². The summed E-state index contributed by atoms with van der Waals surface area (Å²) in [7, 11) is 0. The zero-order chi connectivity index (χ0) is 11.9. The van der Waals surface area contributed by atoms with Crippen molar-refractivity contribution in [2.75, 3.05) is 11.9 Å². The maximum Gasteiger partial charge on any atom is 0.205 e. The van der Waals surface area contributed by atoms with Gasteiger partial charge in [-0.1, -0.05) is 48.6 Å². The van der Waals surface area contributed by atoms with Gasteiger partial charge in [0.1, 0.15) is 5.01 Å². The van der Waals surface area contributed by atoms with Crippen molar-refractivity contribution in [2.45, 2.75) is 26.2 Å². The van der Waals surface area contributed by atoms with Crippen LogP contribution < -0.4 is 5.32 Å². The van der Waals surface area contributed by atoms with Crippen LogP contribution in [-0.2, 0) is 12.8 Å². The summed E-state index contributed by atoms with van der Waals surface area (Å²) < 4.78 is 0. The van der Waals surface area contributed by atoms with Gasteiger partial charge in [-0.05, 0) is 24.8 Å². The van der Waals surface area contributed by atoms with E-state index in [0.29, 0.717) is 0 Å². The van der Waals surface area contributed by atoms with Gasteiger partial charge in [0.25, 0.3) is 0 Å². The Morgan fingerprint density at radius 2 is 2.00 bits per heavy atom. The highest BCUT2D eigenvalue weighted by molar-refractivity contribution is 7.15. The van der Waals surface area contributed by atoms with Gasteiger partial charge in [-0.15, -0.1) is 10.2 Å². The minimum absolute atomic E-state index is 0.940. The molecule has 0 radical (unpaired) electrons. The number of aryl methyl sites for hydroxylation is 2. The molecule has 0 spiro atoms. The maximum absolute atomic E-state index is 4.09. The molecule has 2 aromatic rings. The smallest absolute Gasteiger partial charge is 0.205 e. The molecule has 17 heavy (non-hydrogen) atoms. The van der Waals surface area contributed by atoms with Gasteiger partial charge in [0.05, 0.1) is 0 Å². The van der Waals surface area contributed by atoms with Gasteiger partial charge in [0.15, 0.2) is 0 Å². The van der Waals surface area contributed by atoms with Crippen LogP contribution in [-0.4, -0.2) is 16.7 Å². The Labute approximate surface area is 106 Å². The lowest BCUT2D eigenvalue weighted by Gasteiger charge is -2.02. The van der Waals surface area contributed by atoms with E-state index in [-0.39, 0.29) is 0 Å². The summed E-state index contributed by atoms with van der Waals surface area (Å²) in [5.41, 5.74) is 1.39. The van der Waals surface area contributed by atoms with Crippen molar-refractivity contribution in [2.24, 2.45) is 0 Å². The highest BCUT2D eigenvalue weighted by Crippen LogP contribution is 2.15. The van der Waals surface area contributed by atoms with Crippen LogP contribution in [0.3, 0.4) is 0 Å². The van der Waals surface area contributed by atoms with E-state index in [2.05, 4.69) is 52.8 Å². The molecule has 0 amide bonds. The van der Waals surface area contributed by atoms with Gasteiger partial charge in [0.2, 0.25) is 5.13 Å². The first-order chi connectivity index (χ1) is 8.38. The lowest BCUT2D eigenvalue weighted by atomic mass is 10.1. The zero-order valence-electron chi connectivity index (χ0n) is 10.0. The summed E-state index contributed by atoms with van der Waals surface area (Å²) in [5.74, 6) is 0. The number of nitrogens with zero attached hydrogens (tertiary/aromatic N) is 2. The van der Waals surface area contributed by atoms with E-state index >= 15 is 0 Å². The van der Waals surface area contributed by atoms with E-state index in [1.165, 1.54) is 5.56 Å². The number of hydrogen-bond donors (Lipinski definition) is 1. The summed E-state index contributed by atoms with van der Waals surface area (Å²) in [6.45, 7) is 3.05. The van der Waals surface area contributed by atoms with Crippen molar-refractivity contribution in [3.05, 3.63) is 40.9 Å². The van der Waals surface area contributed by atoms with Gasteiger partial charge in [-0.3, -0.25) is 0 Å². The van der Waals surface area contributed by atoms with Crippen LogP contribution in [0.15, 0.2) is 30.3 Å². The number of rotatable bonds is 6. The van der Waals surface area contributed by atoms with Crippen molar-refractivity contribution < 1.29 is 0 Å². The van der Waals surface area contributed by atoms with Gasteiger partial charge in [-0.25, -0.2) is 0 Å². The summed E-state index contributed by atoms with van der Waals surface area (Å²) in [6, 6.07) is 10.6. The molecule has 0 unspecified atom stereocenters. The quantitative estimate of drug-likeness (QED) is 0.797. The molecule has 1 N–H and O–H groups in total. The predicted octanol–water partition coefficient (Wildman–Crippen LogP) is 3.15. The van der Waals surface area contributed by atoms with E-state index in [9.17, 15) is 0 Å². The first kappa shape index (κ1) is 12.0. The summed E-state index contributed by atoms with van der Waals surface area (Å²) in [6.07, 6.45) is 3.18. The fraction of sp³-hybridized carbons (Fsp3) is 0.385. The van der Waals surface area contributed by atoms with Crippen molar-refractivity contribution in [3.8, 4) is 0 Å². The molecule has 0 aliphatic rings. The van der Waals surface area contributed by atoms with Crippen LogP contribution in [0.4, 0.5) is 5.13 Å². The first-order valence-electron chi connectivity index (χ1n) is 5.98. The molecule has 0 aliphatic heterocycles. The Bertz CT molecular complexity index is 439.